The smallest absolute Gasteiger partial charge is 0.338 e. The first-order valence-electron chi connectivity index (χ1n) is 49.6. The number of aromatic nitrogens is 10. The molecule has 20 N–H and O–H groups in total. The number of aldehydes is 2. The molecule has 19 rings (SSSR count). The highest BCUT2D eigenvalue weighted by Crippen LogP contribution is 2.49. The van der Waals surface area contributed by atoms with Crippen LogP contribution in [0.2, 0.25) is 0 Å². The fourth-order valence-corrected chi connectivity index (χ4v) is 19.2. The van der Waals surface area contributed by atoms with Crippen LogP contribution in [0, 0.1) is 53.4 Å². The third-order valence-electron chi connectivity index (χ3n) is 25.5. The molecule has 0 spiro atoms. The molecule has 2 unspecified atom stereocenters. The molecule has 0 bridgehead atoms. The van der Waals surface area contributed by atoms with Crippen molar-refractivity contribution in [3.05, 3.63) is 286 Å². The van der Waals surface area contributed by atoms with Crippen LogP contribution in [0.3, 0.4) is 0 Å². The third kappa shape index (κ3) is 33.9. The highest BCUT2D eigenvalue weighted by atomic mass is 16.5. The van der Waals surface area contributed by atoms with Gasteiger partial charge in [-0.25, -0.2) is 38.4 Å². The number of fused-ring (bicyclic) bond motifs is 5. The molecular weight excluding hydrogens is 1900 g/mol. The number of carbonyl (C=O) groups is 11. The minimum Gasteiger partial charge on any atom is -0.481 e. The molecule has 0 amide bonds. The summed E-state index contributed by atoms with van der Waals surface area (Å²) < 4.78 is 24.9. The van der Waals surface area contributed by atoms with Crippen LogP contribution in [0.1, 0.15) is 278 Å². The lowest BCUT2D eigenvalue weighted by molar-refractivity contribution is -0.146. The number of nitrogens with one attached hydrogen (secondary N) is 11. The lowest BCUT2D eigenvalue weighted by Crippen LogP contribution is -2.37. The first-order valence-corrected chi connectivity index (χ1v) is 49.6. The van der Waals surface area contributed by atoms with Crippen molar-refractivity contribution < 1.29 is 86.6 Å². The van der Waals surface area contributed by atoms with E-state index in [2.05, 4.69) is 121 Å². The Morgan fingerprint density at radius 3 is 1.26 bits per heavy atom. The molecule has 5 aromatic heterocycles. The molecule has 37 nitrogen and oxygen atoms in total. The number of anilines is 2. The number of benzene rings is 8. The summed E-state index contributed by atoms with van der Waals surface area (Å²) in [6.45, 7) is 24.0. The van der Waals surface area contributed by atoms with Crippen molar-refractivity contribution in [3.8, 4) is 0 Å². The van der Waals surface area contributed by atoms with E-state index in [1.165, 1.54) is 115 Å². The van der Waals surface area contributed by atoms with Crippen molar-refractivity contribution in [1.82, 2.24) is 61.3 Å². The van der Waals surface area contributed by atoms with Gasteiger partial charge in [0, 0.05) is 79.8 Å². The van der Waals surface area contributed by atoms with Gasteiger partial charge >= 0.3 is 52.3 Å². The summed E-state index contributed by atoms with van der Waals surface area (Å²) >= 11 is 0. The van der Waals surface area contributed by atoms with Crippen LogP contribution in [0.4, 0.5) is 11.4 Å². The lowest BCUT2D eigenvalue weighted by Gasteiger charge is -2.38. The van der Waals surface area contributed by atoms with Gasteiger partial charge in [-0.3, -0.25) is 38.4 Å². The van der Waals surface area contributed by atoms with E-state index in [9.17, 15) is 71.9 Å². The van der Waals surface area contributed by atoms with E-state index < -0.39 is 11.9 Å². The van der Waals surface area contributed by atoms with E-state index in [0.717, 1.165) is 91.4 Å². The Hall–Kier alpha value is -15.8. The summed E-state index contributed by atoms with van der Waals surface area (Å²) in [5, 5.41) is 19.9. The minimum atomic E-state index is -0.833. The zero-order valence-electron chi connectivity index (χ0n) is 85.7. The number of aliphatic hydroxyl groups excluding tert-OH is 1. The zero-order valence-corrected chi connectivity index (χ0v) is 85.7. The predicted octanol–water partition coefficient (Wildman–Crippen LogP) is 16.9. The number of ketones is 4. The number of allylic oxidation sites excluding steroid dienone is 3. The number of esters is 4. The largest absolute Gasteiger partial charge is 0.481 e. The Bertz CT molecular complexity index is 7090. The molecule has 0 radical (unpaired) electrons. The number of hydrogen-bond donors (Lipinski definition) is 16. The molecule has 3 saturated carbocycles. The number of carbonyl (C=O) groups excluding carboxylic acids is 10. The first-order chi connectivity index (χ1) is 70.4. The fraction of sp³-hybridized carbons (Fsp3) is 0.387. The van der Waals surface area contributed by atoms with E-state index in [1.807, 2.05) is 25.1 Å². The number of nitrogens with two attached hydrogens (primary N) is 2. The number of hydrogen-bond acceptors (Lipinski definition) is 26. The van der Waals surface area contributed by atoms with Crippen LogP contribution in [0.25, 0.3) is 55.2 Å². The Labute approximate surface area is 853 Å². The van der Waals surface area contributed by atoms with Crippen molar-refractivity contribution in [2.75, 3.05) is 51.1 Å². The quantitative estimate of drug-likeness (QED) is 0.0104. The second-order valence-electron chi connectivity index (χ2n) is 36.9. The van der Waals surface area contributed by atoms with Crippen LogP contribution in [0.5, 0.6) is 0 Å². The van der Waals surface area contributed by atoms with E-state index >= 15 is 0 Å². The highest BCUT2D eigenvalue weighted by molar-refractivity contribution is 6.05. The summed E-state index contributed by atoms with van der Waals surface area (Å²) in [5.41, 5.74) is 33.7. The molecule has 8 aromatic carbocycles. The Kier molecular flexibility index (Phi) is 44.3. The number of ether oxygens (including phenoxy) is 5. The maximum Gasteiger partial charge on any atom is 0.338 e. The molecule has 4 aliphatic carbocycles. The summed E-state index contributed by atoms with van der Waals surface area (Å²) in [4.78, 5) is 207. The molecule has 7 heterocycles. The average molecular weight is 2030 g/mol. The van der Waals surface area contributed by atoms with Gasteiger partial charge in [0.15, 0.2) is 5.78 Å². The van der Waals surface area contributed by atoms with Gasteiger partial charge in [0.25, 0.3) is 5.97 Å². The Balaban J connectivity index is 0.000000195. The number of aromatic amines is 10. The number of carboxylic acid groups (broad SMARTS) is 1. The van der Waals surface area contributed by atoms with Crippen LogP contribution in [-0.2, 0) is 63.9 Å². The molecule has 6 aliphatic rings. The zero-order chi connectivity index (χ0) is 107. The second kappa shape index (κ2) is 56.6. The van der Waals surface area contributed by atoms with E-state index in [1.54, 1.807) is 106 Å². The second-order valence-corrected chi connectivity index (χ2v) is 36.9. The SMILES string of the molecule is C1CCOC1.CC(=O)O.CCOC(=O)C1=C(CCC2CCCC2)NC2=C(C(=O)CC(c3c(C)cc(C)cc3C)C2)C1c1ccc2[nH]c(=O)[nH]c2c1.CCOC(=O)CC(=O)CCC1CCCC1.CCOC(=O)c1ccc(N)c(N)c1.CCOC(=O)c1ccc2[nH]c(=O)[nH]c2c1.Cc1cc(C)c(C2CC(=O)CC(=O)C2)c(C)c1.N.O=Cc1ccc2[nH]c(=O)[nH]c2c1.O=Cc1ccc2[nH]c(=O)[nH]c2c1.O=c1[nH]c2ccc(CO)cc2[nH]1. The topological polar surface area (TPSA) is 617 Å². The van der Waals surface area contributed by atoms with Gasteiger partial charge in [0.1, 0.15) is 36.3 Å². The number of H-pyrrole nitrogens is 10. The van der Waals surface area contributed by atoms with E-state index in [-0.39, 0.29) is 120 Å². The number of nitrogen functional groups attached to an aromatic ring is 2. The van der Waals surface area contributed by atoms with E-state index in [4.69, 9.17) is 50.2 Å². The number of aryl methyl sites for hydroxylation is 6. The Morgan fingerprint density at radius 2 is 0.831 bits per heavy atom. The van der Waals surface area contributed by atoms with Crippen molar-refractivity contribution in [2.45, 2.75) is 229 Å². The van der Waals surface area contributed by atoms with E-state index in [0.29, 0.717) is 147 Å². The van der Waals surface area contributed by atoms with Crippen molar-refractivity contribution in [2.24, 2.45) is 11.8 Å². The van der Waals surface area contributed by atoms with Crippen molar-refractivity contribution in [3.63, 3.8) is 0 Å². The maximum absolute atomic E-state index is 14.2. The van der Waals surface area contributed by atoms with Gasteiger partial charge < -0.3 is 107 Å². The molecule has 2 aliphatic heterocycles. The molecule has 148 heavy (non-hydrogen) atoms. The fourth-order valence-electron chi connectivity index (χ4n) is 19.2. The average Bonchev–Trinajstić information content (AvgIpc) is 1.21. The first kappa shape index (κ1) is 116. The third-order valence-corrected chi connectivity index (χ3v) is 25.5. The van der Waals surface area contributed by atoms with Gasteiger partial charge in [-0.05, 0) is 273 Å². The van der Waals surface area contributed by atoms with Crippen LogP contribution in [0.15, 0.2) is 180 Å². The summed E-state index contributed by atoms with van der Waals surface area (Å²) in [6.07, 6.45) is 19.6. The Morgan fingerprint density at radius 1 is 0.439 bits per heavy atom. The molecule has 1 saturated heterocycles. The molecule has 37 heteroatoms. The maximum atomic E-state index is 14.2. The van der Waals surface area contributed by atoms with Gasteiger partial charge in [0.2, 0.25) is 0 Å². The minimum absolute atomic E-state index is 0. The van der Waals surface area contributed by atoms with Crippen LogP contribution in [-0.4, -0.2) is 165 Å². The molecule has 4 fully saturated rings. The normalized spacial score (nSPS) is 15.1. The van der Waals surface area contributed by atoms with Crippen LogP contribution < -0.4 is 51.4 Å². The summed E-state index contributed by atoms with van der Waals surface area (Å²) in [7, 11) is 0. The van der Waals surface area contributed by atoms with Crippen molar-refractivity contribution >= 4 is 132 Å². The standard InChI is InChI=1S/C35H41N3O4.C15H18O2.C12H20O3.C10H10N2O3.C9H12N2O2.C8H8N2O2.2C8H6N2O2.C4H8O.C2H4O2.H3N/c1-5-42-34(40)33-26(12-10-22-8-6-7-9-22)36-28-17-24(30-20(3)14-19(2)15-21(30)4)18-29(39)32(28)31(33)23-11-13-25-27(16-23)38-35(41)37-25;1-9-4-10(2)15(11(3)5-9)12-6-13(16)8-14(17)7-12;1-2-15-12(14)9-11(13)8-7-10-5-3-4-6-10;1-2-15-9(13)6-3-4-7-8(5-6)12-10(14)11-7;1-2-13-9(12)6-3-4-7(10)8(11)5-6;3*11-4-5-1-2-6-7(3-5)10-8(12)9-6;1-2-4-5-3-1;1-2(3)4;/h11,13-16,22,24,31,36H,5-10,12,17-18H2,1-4H3,(H2,37,38,41);4-5,12H,6-8H2,1-3H3;10H,2-9H2,1H3;3-5H,2H2,1H3,(H2,11,12,14);3-5H,2,10-11H2,1H3;1-3,11H,4H2,(H2,9,10,12);2*1-4H,(H2,9,10,12);1-4H2;1H3,(H,3,4);1H3. The number of imidazole rings is 5. The number of carboxylic acids is 1. The number of aliphatic hydroxyl groups is 1. The summed E-state index contributed by atoms with van der Waals surface area (Å²) in [5.74, 6) is -1.13. The molecule has 2 atom stereocenters. The number of Topliss-reactive ketones (excluding diaryl/α,β-unsaturated/α-hetero) is 4. The van der Waals surface area contributed by atoms with Crippen LogP contribution >= 0.6 is 0 Å². The molecular formula is C111H136N14O23. The lowest BCUT2D eigenvalue weighted by atomic mass is 9.70. The predicted molar refractivity (Wildman–Crippen MR) is 567 cm³/mol. The molecule has 788 valence electrons. The van der Waals surface area contributed by atoms with Gasteiger partial charge in [-0.1, -0.05) is 98.9 Å². The number of aliphatic carboxylic acids is 1. The van der Waals surface area contributed by atoms with Crippen molar-refractivity contribution in [1.29, 1.82) is 0 Å². The molecule has 13 aromatic rings. The van der Waals surface area contributed by atoms with Gasteiger partial charge in [-0.2, -0.15) is 0 Å². The van der Waals surface area contributed by atoms with Gasteiger partial charge in [0.05, 0.1) is 123 Å². The van der Waals surface area contributed by atoms with Gasteiger partial charge in [-0.15, -0.1) is 0 Å². The summed E-state index contributed by atoms with van der Waals surface area (Å²) in [6, 6.07) is 39.1. The monoisotopic (exact) mass is 2030 g/mol. The number of dihydropyridines is 1. The number of rotatable bonds is 21. The highest BCUT2D eigenvalue weighted by Gasteiger charge is 2.43.